The third-order valence-corrected chi connectivity index (χ3v) is 6.33. The predicted molar refractivity (Wildman–Crippen MR) is 122 cm³/mol. The van der Waals surface area contributed by atoms with Crippen molar-refractivity contribution in [2.45, 2.75) is 6.42 Å². The lowest BCUT2D eigenvalue weighted by molar-refractivity contribution is 0.0384. The van der Waals surface area contributed by atoms with E-state index in [1.807, 2.05) is 34.8 Å². The van der Waals surface area contributed by atoms with Crippen molar-refractivity contribution < 1.29 is 9.13 Å². The van der Waals surface area contributed by atoms with Gasteiger partial charge in [-0.05, 0) is 52.2 Å². The molecule has 0 atom stereocenters. The number of aromatic nitrogens is 3. The molecule has 0 spiro atoms. The van der Waals surface area contributed by atoms with Crippen molar-refractivity contribution in [1.29, 1.82) is 0 Å². The summed E-state index contributed by atoms with van der Waals surface area (Å²) >= 11 is 3.71. The first-order chi connectivity index (χ1) is 15.2. The Morgan fingerprint density at radius 2 is 1.65 bits per heavy atom. The summed E-state index contributed by atoms with van der Waals surface area (Å²) in [6, 6.07) is 16.6. The third kappa shape index (κ3) is 4.26. The van der Waals surface area contributed by atoms with E-state index in [-0.39, 0.29) is 5.82 Å². The molecular formula is C24H22BrFN4O. The van der Waals surface area contributed by atoms with Gasteiger partial charge < -0.3 is 4.74 Å². The number of nitrogens with zero attached hydrogens (tertiary/aromatic N) is 4. The predicted octanol–water partition coefficient (Wildman–Crippen LogP) is 4.84. The van der Waals surface area contributed by atoms with Gasteiger partial charge in [-0.25, -0.2) is 13.9 Å². The molecule has 3 heterocycles. The second kappa shape index (κ2) is 8.86. The van der Waals surface area contributed by atoms with Crippen LogP contribution in [-0.4, -0.2) is 52.3 Å². The fourth-order valence-corrected chi connectivity index (χ4v) is 4.49. The molecule has 5 rings (SSSR count). The van der Waals surface area contributed by atoms with E-state index < -0.39 is 0 Å². The number of ether oxygens (including phenoxy) is 1. The molecule has 0 radical (unpaired) electrons. The number of rotatable bonds is 5. The maximum absolute atomic E-state index is 13.5. The van der Waals surface area contributed by atoms with Crippen LogP contribution >= 0.6 is 15.9 Å². The molecule has 0 aliphatic carbocycles. The van der Waals surface area contributed by atoms with E-state index in [1.165, 1.54) is 12.1 Å². The van der Waals surface area contributed by atoms with Crippen LogP contribution in [0.5, 0.6) is 0 Å². The van der Waals surface area contributed by atoms with E-state index in [9.17, 15) is 4.39 Å². The number of morpholine rings is 1. The van der Waals surface area contributed by atoms with Crippen LogP contribution in [0.4, 0.5) is 4.39 Å². The zero-order valence-corrected chi connectivity index (χ0v) is 18.6. The molecule has 0 saturated carbocycles. The van der Waals surface area contributed by atoms with Gasteiger partial charge in [-0.2, -0.15) is 5.10 Å². The smallest absolute Gasteiger partial charge is 0.170 e. The molecule has 0 amide bonds. The van der Waals surface area contributed by atoms with Gasteiger partial charge >= 0.3 is 0 Å². The van der Waals surface area contributed by atoms with Gasteiger partial charge in [-0.3, -0.25) is 4.90 Å². The van der Waals surface area contributed by atoms with Crippen molar-refractivity contribution in [3.63, 3.8) is 0 Å². The molecule has 4 aromatic rings. The van der Waals surface area contributed by atoms with Crippen LogP contribution in [0.15, 0.2) is 65.3 Å². The van der Waals surface area contributed by atoms with E-state index in [0.717, 1.165) is 77.5 Å². The SMILES string of the molecule is Fc1ccc(-c2nc3c(Br)c(-c4ccccc4)nn3cc2CCN2CCOCC2)cc1. The van der Waals surface area contributed by atoms with Crippen LogP contribution in [0, 0.1) is 5.82 Å². The summed E-state index contributed by atoms with van der Waals surface area (Å²) < 4.78 is 21.7. The Labute approximate surface area is 188 Å². The van der Waals surface area contributed by atoms with E-state index in [1.54, 1.807) is 12.1 Å². The van der Waals surface area contributed by atoms with Crippen LogP contribution in [0.2, 0.25) is 0 Å². The van der Waals surface area contributed by atoms with Crippen molar-refractivity contribution in [2.75, 3.05) is 32.8 Å². The summed E-state index contributed by atoms with van der Waals surface area (Å²) in [4.78, 5) is 7.37. The molecule has 1 saturated heterocycles. The van der Waals surface area contributed by atoms with Crippen molar-refractivity contribution in [1.82, 2.24) is 19.5 Å². The lowest BCUT2D eigenvalue weighted by atomic mass is 10.0. The Kier molecular flexibility index (Phi) is 5.80. The Morgan fingerprint density at radius 3 is 2.39 bits per heavy atom. The van der Waals surface area contributed by atoms with Crippen molar-refractivity contribution >= 4 is 21.6 Å². The summed E-state index contributed by atoms with van der Waals surface area (Å²) in [7, 11) is 0. The molecule has 1 aliphatic heterocycles. The number of halogens is 2. The fourth-order valence-electron chi connectivity index (χ4n) is 3.91. The summed E-state index contributed by atoms with van der Waals surface area (Å²) in [6.45, 7) is 4.34. The molecule has 7 heteroatoms. The van der Waals surface area contributed by atoms with E-state index in [4.69, 9.17) is 14.8 Å². The lowest BCUT2D eigenvalue weighted by Crippen LogP contribution is -2.37. The lowest BCUT2D eigenvalue weighted by Gasteiger charge is -2.26. The average molecular weight is 481 g/mol. The topological polar surface area (TPSA) is 42.7 Å². The van der Waals surface area contributed by atoms with Gasteiger partial charge in [0.2, 0.25) is 0 Å². The maximum Gasteiger partial charge on any atom is 0.170 e. The van der Waals surface area contributed by atoms with Gasteiger partial charge in [-0.15, -0.1) is 0 Å². The molecule has 1 fully saturated rings. The average Bonchev–Trinajstić information content (AvgIpc) is 3.14. The zero-order chi connectivity index (χ0) is 21.2. The number of benzene rings is 2. The molecule has 0 N–H and O–H groups in total. The standard InChI is InChI=1S/C24H22BrFN4O/c25-21-23(17-4-2-1-3-5-17)28-30-16-19(10-11-29-12-14-31-15-13-29)22(27-24(21)30)18-6-8-20(26)9-7-18/h1-9,16H,10-15H2. The molecule has 5 nitrogen and oxygen atoms in total. The molecule has 2 aromatic carbocycles. The van der Waals surface area contributed by atoms with Gasteiger partial charge in [0, 0.05) is 37.0 Å². The maximum atomic E-state index is 13.5. The minimum Gasteiger partial charge on any atom is -0.379 e. The molecule has 0 bridgehead atoms. The molecule has 0 unspecified atom stereocenters. The monoisotopic (exact) mass is 480 g/mol. The minimum absolute atomic E-state index is 0.253. The molecule has 158 valence electrons. The number of fused-ring (bicyclic) bond motifs is 1. The van der Waals surface area contributed by atoms with Crippen LogP contribution in [0.25, 0.3) is 28.2 Å². The summed E-state index contributed by atoms with van der Waals surface area (Å²) in [5, 5.41) is 4.80. The van der Waals surface area contributed by atoms with Crippen LogP contribution in [-0.2, 0) is 11.2 Å². The minimum atomic E-state index is -0.253. The van der Waals surface area contributed by atoms with E-state index in [2.05, 4.69) is 27.0 Å². The van der Waals surface area contributed by atoms with Crippen molar-refractivity contribution in [3.05, 3.63) is 76.6 Å². The number of hydrogen-bond acceptors (Lipinski definition) is 4. The zero-order valence-electron chi connectivity index (χ0n) is 17.0. The molecular weight excluding hydrogens is 459 g/mol. The van der Waals surface area contributed by atoms with Gasteiger partial charge in [0.1, 0.15) is 11.5 Å². The highest BCUT2D eigenvalue weighted by atomic mass is 79.9. The molecule has 1 aliphatic rings. The summed E-state index contributed by atoms with van der Waals surface area (Å²) in [6.07, 6.45) is 2.88. The van der Waals surface area contributed by atoms with Gasteiger partial charge in [-0.1, -0.05) is 30.3 Å². The number of hydrogen-bond donors (Lipinski definition) is 0. The highest BCUT2D eigenvalue weighted by Crippen LogP contribution is 2.32. The highest BCUT2D eigenvalue weighted by Gasteiger charge is 2.18. The Hall–Kier alpha value is -2.61. The van der Waals surface area contributed by atoms with Crippen molar-refractivity contribution in [2.24, 2.45) is 0 Å². The first-order valence-corrected chi connectivity index (χ1v) is 11.2. The normalized spacial score (nSPS) is 14.9. The Bertz CT molecular complexity index is 1190. The first-order valence-electron chi connectivity index (χ1n) is 10.4. The third-order valence-electron chi connectivity index (χ3n) is 5.59. The first kappa shape index (κ1) is 20.3. The van der Waals surface area contributed by atoms with Crippen LogP contribution in [0.1, 0.15) is 5.56 Å². The summed E-state index contributed by atoms with van der Waals surface area (Å²) in [5.41, 5.74) is 5.46. The molecule has 2 aromatic heterocycles. The summed E-state index contributed by atoms with van der Waals surface area (Å²) in [5.74, 6) is -0.253. The Morgan fingerprint density at radius 1 is 0.935 bits per heavy atom. The van der Waals surface area contributed by atoms with Crippen molar-refractivity contribution in [3.8, 4) is 22.5 Å². The van der Waals surface area contributed by atoms with Crippen LogP contribution in [0.3, 0.4) is 0 Å². The van der Waals surface area contributed by atoms with Gasteiger partial charge in [0.25, 0.3) is 0 Å². The van der Waals surface area contributed by atoms with Gasteiger partial charge in [0.15, 0.2) is 5.65 Å². The quantitative estimate of drug-likeness (QED) is 0.409. The largest absolute Gasteiger partial charge is 0.379 e. The fraction of sp³-hybridized carbons (Fsp3) is 0.250. The van der Waals surface area contributed by atoms with E-state index in [0.29, 0.717) is 0 Å². The molecule has 31 heavy (non-hydrogen) atoms. The second-order valence-electron chi connectivity index (χ2n) is 7.62. The van der Waals surface area contributed by atoms with Gasteiger partial charge in [0.05, 0.1) is 23.4 Å². The second-order valence-corrected chi connectivity index (χ2v) is 8.42. The van der Waals surface area contributed by atoms with Crippen LogP contribution < -0.4 is 0 Å². The van der Waals surface area contributed by atoms with E-state index >= 15 is 0 Å². The Balaban J connectivity index is 1.58. The highest BCUT2D eigenvalue weighted by molar-refractivity contribution is 9.10.